The Balaban J connectivity index is 2.51. The van der Waals surface area contributed by atoms with Gasteiger partial charge in [0.05, 0.1) is 5.94 Å². The summed E-state index contributed by atoms with van der Waals surface area (Å²) in [5.41, 5.74) is 2.07. The highest BCUT2D eigenvalue weighted by Gasteiger charge is 2.25. The lowest BCUT2D eigenvalue weighted by Gasteiger charge is -2.18. The minimum Gasteiger partial charge on any atom is -0.426 e. The zero-order chi connectivity index (χ0) is 18.2. The number of sulfone groups is 1. The van der Waals surface area contributed by atoms with Crippen LogP contribution in [0.2, 0.25) is 0 Å². The summed E-state index contributed by atoms with van der Waals surface area (Å²) in [6.45, 7) is 2.04. The van der Waals surface area contributed by atoms with Crippen LogP contribution in [0.25, 0.3) is 0 Å². The second-order valence-corrected chi connectivity index (χ2v) is 8.31. The van der Waals surface area contributed by atoms with Gasteiger partial charge in [-0.2, -0.15) is 0 Å². The number of carbonyl (C=O) groups excluding carboxylic acids is 1. The molecule has 6 nitrogen and oxygen atoms in total. The third kappa shape index (κ3) is 8.47. The quantitative estimate of drug-likeness (QED) is 0.419. The molecule has 0 bridgehead atoms. The molecule has 1 amide bonds. The Kier molecular flexibility index (Phi) is 8.45. The number of unbranched alkanes of at least 4 members (excludes halogenated alkanes) is 1. The highest BCUT2D eigenvalue weighted by molar-refractivity contribution is 7.90. The first-order chi connectivity index (χ1) is 11.2. The standard InChI is InChI=1S/C16H26BNO5S/c1-3-13-7-6-8-14(11-13)12-15(17(20)21)18-16(19)9-4-5-10-24(2,22)23/h6-8,11,15,20-21H,3-5,9-10,12H2,1-2H3,(H,18,19)/t15-/m0/s1. The molecule has 1 rings (SSSR count). The number of rotatable bonds is 10. The third-order valence-electron chi connectivity index (χ3n) is 3.73. The Morgan fingerprint density at radius 2 is 1.92 bits per heavy atom. The fourth-order valence-electron chi connectivity index (χ4n) is 2.39. The van der Waals surface area contributed by atoms with Crippen molar-refractivity contribution < 1.29 is 23.3 Å². The van der Waals surface area contributed by atoms with Crippen LogP contribution in [-0.2, 0) is 27.5 Å². The molecule has 1 aromatic rings. The molecule has 0 saturated carbocycles. The second kappa shape index (κ2) is 9.81. The summed E-state index contributed by atoms with van der Waals surface area (Å²) in [7, 11) is -4.67. The number of amides is 1. The van der Waals surface area contributed by atoms with Gasteiger partial charge in [0.25, 0.3) is 0 Å². The van der Waals surface area contributed by atoms with Crippen LogP contribution in [0.1, 0.15) is 37.3 Å². The van der Waals surface area contributed by atoms with E-state index in [1.54, 1.807) is 0 Å². The van der Waals surface area contributed by atoms with Crippen LogP contribution in [0.3, 0.4) is 0 Å². The summed E-state index contributed by atoms with van der Waals surface area (Å²) in [6.07, 6.45) is 3.38. The molecule has 0 aliphatic carbocycles. The van der Waals surface area contributed by atoms with E-state index in [0.717, 1.165) is 23.8 Å². The molecule has 1 aromatic carbocycles. The van der Waals surface area contributed by atoms with Crippen LogP contribution >= 0.6 is 0 Å². The lowest BCUT2D eigenvalue weighted by atomic mass is 9.75. The first-order valence-electron chi connectivity index (χ1n) is 8.12. The topological polar surface area (TPSA) is 104 Å². The average Bonchev–Trinajstić information content (AvgIpc) is 2.50. The molecule has 0 saturated heterocycles. The minimum absolute atomic E-state index is 0.0517. The van der Waals surface area contributed by atoms with E-state index in [-0.39, 0.29) is 18.1 Å². The van der Waals surface area contributed by atoms with Gasteiger partial charge >= 0.3 is 7.12 Å². The molecule has 0 unspecified atom stereocenters. The molecule has 0 aromatic heterocycles. The van der Waals surface area contributed by atoms with Crippen molar-refractivity contribution in [2.45, 2.75) is 45.0 Å². The monoisotopic (exact) mass is 355 g/mol. The Hall–Kier alpha value is -1.38. The maximum atomic E-state index is 11.9. The molecule has 0 heterocycles. The molecule has 1 atom stereocenters. The van der Waals surface area contributed by atoms with Gasteiger partial charge in [0.2, 0.25) is 5.91 Å². The van der Waals surface area contributed by atoms with Crippen LogP contribution in [-0.4, -0.2) is 49.4 Å². The van der Waals surface area contributed by atoms with Crippen LogP contribution in [0.15, 0.2) is 24.3 Å². The lowest BCUT2D eigenvalue weighted by molar-refractivity contribution is -0.121. The predicted octanol–water partition coefficient (Wildman–Crippen LogP) is 0.503. The maximum absolute atomic E-state index is 11.9. The lowest BCUT2D eigenvalue weighted by Crippen LogP contribution is -2.47. The molecular weight excluding hydrogens is 329 g/mol. The maximum Gasteiger partial charge on any atom is 0.475 e. The zero-order valence-corrected chi connectivity index (χ0v) is 15.1. The summed E-state index contributed by atoms with van der Waals surface area (Å²) >= 11 is 0. The van der Waals surface area contributed by atoms with E-state index in [9.17, 15) is 23.3 Å². The SMILES string of the molecule is CCc1cccc(C[C@H](NC(=O)CCCCS(C)(=O)=O)B(O)O)c1. The van der Waals surface area contributed by atoms with E-state index in [2.05, 4.69) is 5.32 Å². The number of aryl methyl sites for hydroxylation is 1. The van der Waals surface area contributed by atoms with Gasteiger partial charge < -0.3 is 15.4 Å². The van der Waals surface area contributed by atoms with Gasteiger partial charge in [0, 0.05) is 18.4 Å². The summed E-state index contributed by atoms with van der Waals surface area (Å²) < 4.78 is 22.1. The highest BCUT2D eigenvalue weighted by atomic mass is 32.2. The van der Waals surface area contributed by atoms with Crippen LogP contribution < -0.4 is 5.32 Å². The van der Waals surface area contributed by atoms with E-state index in [0.29, 0.717) is 19.3 Å². The smallest absolute Gasteiger partial charge is 0.426 e. The Labute approximate surface area is 144 Å². The first kappa shape index (κ1) is 20.7. The molecule has 0 aliphatic heterocycles. The van der Waals surface area contributed by atoms with Gasteiger partial charge in [0.15, 0.2) is 0 Å². The summed E-state index contributed by atoms with van der Waals surface area (Å²) in [6, 6.07) is 7.76. The largest absolute Gasteiger partial charge is 0.475 e. The molecule has 0 spiro atoms. The normalized spacial score (nSPS) is 12.7. The third-order valence-corrected chi connectivity index (χ3v) is 4.76. The molecule has 24 heavy (non-hydrogen) atoms. The zero-order valence-electron chi connectivity index (χ0n) is 14.2. The van der Waals surface area contributed by atoms with Gasteiger partial charge in [-0.3, -0.25) is 4.79 Å². The minimum atomic E-state index is -3.02. The molecule has 134 valence electrons. The van der Waals surface area contributed by atoms with Gasteiger partial charge in [0.1, 0.15) is 9.84 Å². The Bertz CT molecular complexity index is 633. The van der Waals surface area contributed by atoms with Crippen LogP contribution in [0.4, 0.5) is 0 Å². The molecule has 0 aliphatic rings. The van der Waals surface area contributed by atoms with E-state index in [4.69, 9.17) is 0 Å². The molecule has 8 heteroatoms. The van der Waals surface area contributed by atoms with Crippen LogP contribution in [0.5, 0.6) is 0 Å². The van der Waals surface area contributed by atoms with Gasteiger partial charge in [-0.05, 0) is 36.8 Å². The van der Waals surface area contributed by atoms with Crippen molar-refractivity contribution in [3.8, 4) is 0 Å². The van der Waals surface area contributed by atoms with E-state index >= 15 is 0 Å². The fraction of sp³-hybridized carbons (Fsp3) is 0.562. The summed E-state index contributed by atoms with van der Waals surface area (Å²) in [5, 5.41) is 21.6. The van der Waals surface area contributed by atoms with Crippen molar-refractivity contribution in [3.05, 3.63) is 35.4 Å². The number of hydrogen-bond donors (Lipinski definition) is 3. The number of hydrogen-bond acceptors (Lipinski definition) is 5. The van der Waals surface area contributed by atoms with E-state index in [1.807, 2.05) is 31.2 Å². The van der Waals surface area contributed by atoms with Crippen molar-refractivity contribution in [3.63, 3.8) is 0 Å². The summed E-state index contributed by atoms with van der Waals surface area (Å²) in [5.74, 6) is -1.05. The molecule has 0 fully saturated rings. The van der Waals surface area contributed by atoms with Crippen molar-refractivity contribution in [2.75, 3.05) is 12.0 Å². The number of benzene rings is 1. The van der Waals surface area contributed by atoms with Gasteiger partial charge in [-0.15, -0.1) is 0 Å². The average molecular weight is 355 g/mol. The molecule has 0 radical (unpaired) electrons. The summed E-state index contributed by atoms with van der Waals surface area (Å²) in [4.78, 5) is 11.9. The number of nitrogens with one attached hydrogen (secondary N) is 1. The van der Waals surface area contributed by atoms with E-state index in [1.165, 1.54) is 0 Å². The van der Waals surface area contributed by atoms with Crippen LogP contribution in [0, 0.1) is 0 Å². The van der Waals surface area contributed by atoms with Crippen molar-refractivity contribution in [1.29, 1.82) is 0 Å². The Morgan fingerprint density at radius 1 is 1.25 bits per heavy atom. The number of carbonyl (C=O) groups is 1. The highest BCUT2D eigenvalue weighted by Crippen LogP contribution is 2.09. The fourth-order valence-corrected chi connectivity index (χ4v) is 3.12. The Morgan fingerprint density at radius 3 is 2.50 bits per heavy atom. The van der Waals surface area contributed by atoms with Crippen molar-refractivity contribution in [1.82, 2.24) is 5.32 Å². The van der Waals surface area contributed by atoms with E-state index < -0.39 is 22.9 Å². The predicted molar refractivity (Wildman–Crippen MR) is 95.2 cm³/mol. The molecular formula is C16H26BNO5S. The second-order valence-electron chi connectivity index (χ2n) is 6.05. The van der Waals surface area contributed by atoms with Gasteiger partial charge in [-0.1, -0.05) is 31.2 Å². The van der Waals surface area contributed by atoms with Crippen molar-refractivity contribution in [2.24, 2.45) is 0 Å². The molecule has 3 N–H and O–H groups in total. The van der Waals surface area contributed by atoms with Gasteiger partial charge in [-0.25, -0.2) is 8.42 Å². The van der Waals surface area contributed by atoms with Crippen molar-refractivity contribution >= 4 is 22.9 Å². The first-order valence-corrected chi connectivity index (χ1v) is 10.2.